The smallest absolute Gasteiger partial charge is 0.335 e. The fourth-order valence-corrected chi connectivity index (χ4v) is 2.67. The van der Waals surface area contributed by atoms with Gasteiger partial charge >= 0.3 is 5.97 Å². The van der Waals surface area contributed by atoms with Crippen LogP contribution < -0.4 is 0 Å². The number of ketones is 1. The molecule has 2 aliphatic rings. The number of hydrogen-bond donors (Lipinski definition) is 0. The van der Waals surface area contributed by atoms with Crippen LogP contribution in [0.15, 0.2) is 12.2 Å². The number of nitrogens with zero attached hydrogens (tertiary/aromatic N) is 2. The van der Waals surface area contributed by atoms with Gasteiger partial charge in [0.1, 0.15) is 5.78 Å². The molecular formula is C19H24N2O9. The van der Waals surface area contributed by atoms with E-state index in [0.29, 0.717) is 18.1 Å². The molecule has 0 atom stereocenters. The van der Waals surface area contributed by atoms with E-state index in [0.717, 1.165) is 4.90 Å². The molecule has 11 nitrogen and oxygen atoms in total. The van der Waals surface area contributed by atoms with Crippen LogP contribution in [-0.2, 0) is 43.1 Å². The monoisotopic (exact) mass is 424 g/mol. The number of imide groups is 2. The highest BCUT2D eigenvalue weighted by Gasteiger charge is 2.32. The van der Waals surface area contributed by atoms with E-state index >= 15 is 0 Å². The Kier molecular flexibility index (Phi) is 9.29. The fourth-order valence-electron chi connectivity index (χ4n) is 2.67. The van der Waals surface area contributed by atoms with Gasteiger partial charge in [-0.25, -0.2) is 4.79 Å². The third-order valence-electron chi connectivity index (χ3n) is 4.28. The van der Waals surface area contributed by atoms with Gasteiger partial charge < -0.3 is 14.3 Å². The zero-order valence-corrected chi connectivity index (χ0v) is 16.5. The summed E-state index contributed by atoms with van der Waals surface area (Å²) in [6.45, 7) is 0.990. The summed E-state index contributed by atoms with van der Waals surface area (Å²) < 4.78 is 10.5. The number of carbonyl (C=O) groups is 6. The highest BCUT2D eigenvalue weighted by molar-refractivity contribution is 6.13. The van der Waals surface area contributed by atoms with Crippen LogP contribution >= 0.6 is 0 Å². The molecule has 2 heterocycles. The van der Waals surface area contributed by atoms with Crippen molar-refractivity contribution in [2.24, 2.45) is 0 Å². The maximum atomic E-state index is 11.8. The summed E-state index contributed by atoms with van der Waals surface area (Å²) >= 11 is 0. The Morgan fingerprint density at radius 2 is 1.40 bits per heavy atom. The van der Waals surface area contributed by atoms with Crippen LogP contribution in [0.1, 0.15) is 38.5 Å². The normalized spacial score (nSPS) is 16.1. The zero-order chi connectivity index (χ0) is 21.9. The third kappa shape index (κ3) is 7.48. The fraction of sp³-hybridized carbons (Fsp3) is 0.579. The van der Waals surface area contributed by atoms with Gasteiger partial charge in [0.05, 0.1) is 26.2 Å². The molecule has 0 N–H and O–H groups in total. The van der Waals surface area contributed by atoms with E-state index in [4.69, 9.17) is 14.3 Å². The van der Waals surface area contributed by atoms with Crippen LogP contribution in [0.3, 0.4) is 0 Å². The summed E-state index contributed by atoms with van der Waals surface area (Å²) in [5.41, 5.74) is 0. The molecule has 164 valence electrons. The molecule has 0 unspecified atom stereocenters. The van der Waals surface area contributed by atoms with Gasteiger partial charge in [-0.15, -0.1) is 5.06 Å². The van der Waals surface area contributed by atoms with Crippen LogP contribution in [0.2, 0.25) is 0 Å². The van der Waals surface area contributed by atoms with Gasteiger partial charge in [0, 0.05) is 51.0 Å². The van der Waals surface area contributed by atoms with Crippen LogP contribution in [-0.4, -0.2) is 78.3 Å². The average molecular weight is 424 g/mol. The first-order valence-electron chi connectivity index (χ1n) is 9.66. The molecule has 11 heteroatoms. The Labute approximate surface area is 172 Å². The molecule has 0 aromatic rings. The summed E-state index contributed by atoms with van der Waals surface area (Å²) in [6.07, 6.45) is 3.24. The van der Waals surface area contributed by atoms with Crippen molar-refractivity contribution in [2.75, 3.05) is 33.0 Å². The Bertz CT molecular complexity index is 698. The number of carbonyl (C=O) groups excluding carboxylic acids is 6. The first-order valence-corrected chi connectivity index (χ1v) is 9.66. The van der Waals surface area contributed by atoms with Gasteiger partial charge in [0.25, 0.3) is 23.6 Å². The number of ether oxygens (including phenoxy) is 2. The summed E-state index contributed by atoms with van der Waals surface area (Å²) in [4.78, 5) is 74.4. The lowest BCUT2D eigenvalue weighted by Crippen LogP contribution is -2.32. The van der Waals surface area contributed by atoms with Crippen LogP contribution in [0.4, 0.5) is 0 Å². The predicted octanol–water partition coefficient (Wildman–Crippen LogP) is -0.319. The summed E-state index contributed by atoms with van der Waals surface area (Å²) in [6, 6.07) is 0. The number of hydroxylamine groups is 2. The van der Waals surface area contributed by atoms with Crippen molar-refractivity contribution in [1.82, 2.24) is 9.96 Å². The molecule has 0 aliphatic carbocycles. The number of hydrogen-bond acceptors (Lipinski definition) is 9. The minimum Gasteiger partial charge on any atom is -0.379 e. The van der Waals surface area contributed by atoms with Crippen molar-refractivity contribution < 1.29 is 43.1 Å². The van der Waals surface area contributed by atoms with E-state index in [2.05, 4.69) is 0 Å². The topological polar surface area (TPSA) is 137 Å². The van der Waals surface area contributed by atoms with Gasteiger partial charge in [0.2, 0.25) is 0 Å². The van der Waals surface area contributed by atoms with Crippen molar-refractivity contribution in [2.45, 2.75) is 38.5 Å². The second kappa shape index (κ2) is 11.9. The average Bonchev–Trinajstić information content (AvgIpc) is 3.20. The Morgan fingerprint density at radius 1 is 0.800 bits per heavy atom. The molecular weight excluding hydrogens is 400 g/mol. The van der Waals surface area contributed by atoms with Gasteiger partial charge in [-0.2, -0.15) is 0 Å². The Hall–Kier alpha value is -2.92. The van der Waals surface area contributed by atoms with Crippen LogP contribution in [0.5, 0.6) is 0 Å². The molecule has 0 spiro atoms. The van der Waals surface area contributed by atoms with Crippen molar-refractivity contribution in [1.29, 1.82) is 0 Å². The number of rotatable bonds is 14. The maximum absolute atomic E-state index is 11.8. The lowest BCUT2D eigenvalue weighted by Gasteiger charge is -2.12. The zero-order valence-electron chi connectivity index (χ0n) is 16.5. The maximum Gasteiger partial charge on any atom is 0.335 e. The molecule has 0 radical (unpaired) electrons. The molecule has 2 rings (SSSR count). The largest absolute Gasteiger partial charge is 0.379 e. The van der Waals surface area contributed by atoms with E-state index in [-0.39, 0.29) is 64.3 Å². The molecule has 1 saturated heterocycles. The second-order valence-corrected chi connectivity index (χ2v) is 6.57. The minimum atomic E-state index is -0.730. The molecule has 4 amide bonds. The second-order valence-electron chi connectivity index (χ2n) is 6.57. The highest BCUT2D eigenvalue weighted by Crippen LogP contribution is 2.12. The Balaban J connectivity index is 1.40. The molecule has 1 fully saturated rings. The third-order valence-corrected chi connectivity index (χ3v) is 4.28. The molecule has 0 aromatic carbocycles. The molecule has 0 saturated carbocycles. The van der Waals surface area contributed by atoms with Gasteiger partial charge in [-0.05, 0) is 6.42 Å². The molecule has 0 bridgehead atoms. The van der Waals surface area contributed by atoms with E-state index in [1.54, 1.807) is 0 Å². The van der Waals surface area contributed by atoms with E-state index in [9.17, 15) is 28.8 Å². The first kappa shape index (κ1) is 23.4. The lowest BCUT2D eigenvalue weighted by molar-refractivity contribution is -0.198. The van der Waals surface area contributed by atoms with Crippen LogP contribution in [0, 0.1) is 0 Å². The van der Waals surface area contributed by atoms with Crippen molar-refractivity contribution >= 4 is 35.4 Å². The number of Topliss-reactive ketones (excluding diaryl/α,β-unsaturated/α-hetero) is 1. The SMILES string of the molecule is O=C(CCCOCCOCCC(=O)ON1C(=O)CCC1=O)CCN1C(=O)C=CC1=O. The van der Waals surface area contributed by atoms with Crippen molar-refractivity contribution in [3.63, 3.8) is 0 Å². The quantitative estimate of drug-likeness (QED) is 0.271. The van der Waals surface area contributed by atoms with E-state index < -0.39 is 29.6 Å². The molecule has 2 aliphatic heterocycles. The van der Waals surface area contributed by atoms with Gasteiger partial charge in [-0.3, -0.25) is 28.9 Å². The Morgan fingerprint density at radius 3 is 2.03 bits per heavy atom. The predicted molar refractivity (Wildman–Crippen MR) is 98.2 cm³/mol. The van der Waals surface area contributed by atoms with E-state index in [1.807, 2.05) is 0 Å². The first-order chi connectivity index (χ1) is 14.4. The van der Waals surface area contributed by atoms with E-state index in [1.165, 1.54) is 12.2 Å². The highest BCUT2D eigenvalue weighted by atomic mass is 16.7. The summed E-state index contributed by atoms with van der Waals surface area (Å²) in [5.74, 6) is -2.65. The summed E-state index contributed by atoms with van der Waals surface area (Å²) in [7, 11) is 0. The summed E-state index contributed by atoms with van der Waals surface area (Å²) in [5, 5.41) is 0.491. The molecule has 0 aromatic heterocycles. The minimum absolute atomic E-state index is 0.0425. The van der Waals surface area contributed by atoms with Gasteiger partial charge in [-0.1, -0.05) is 0 Å². The van der Waals surface area contributed by atoms with Crippen LogP contribution in [0.25, 0.3) is 0 Å². The number of amides is 4. The standard InChI is InChI=1S/C19H24N2O9/c22-14(7-9-20-15(23)3-4-16(20)24)2-1-10-28-12-13-29-11-8-19(27)30-21-17(25)5-6-18(21)26/h3-4H,1-2,5-13H2. The van der Waals surface area contributed by atoms with Crippen molar-refractivity contribution in [3.8, 4) is 0 Å². The van der Waals surface area contributed by atoms with Gasteiger partial charge in [0.15, 0.2) is 0 Å². The van der Waals surface area contributed by atoms with Crippen molar-refractivity contribution in [3.05, 3.63) is 12.2 Å². The molecule has 30 heavy (non-hydrogen) atoms. The lowest BCUT2D eigenvalue weighted by atomic mass is 10.1.